The van der Waals surface area contributed by atoms with Crippen molar-refractivity contribution in [3.63, 3.8) is 0 Å². The van der Waals surface area contributed by atoms with E-state index in [1.165, 1.54) is 12.1 Å². The monoisotopic (exact) mass is 281 g/mol. The van der Waals surface area contributed by atoms with E-state index in [9.17, 15) is 14.9 Å². The van der Waals surface area contributed by atoms with Crippen molar-refractivity contribution in [2.45, 2.75) is 32.4 Å². The number of nitro groups is 1. The Bertz CT molecular complexity index is 479. The summed E-state index contributed by atoms with van der Waals surface area (Å²) in [4.78, 5) is 21.8. The van der Waals surface area contributed by atoms with Gasteiger partial charge in [-0.05, 0) is 26.3 Å². The molecular formula is C13H19N3O4. The van der Waals surface area contributed by atoms with E-state index in [1.807, 2.05) is 0 Å². The zero-order valence-corrected chi connectivity index (χ0v) is 11.8. The van der Waals surface area contributed by atoms with Gasteiger partial charge in [-0.25, -0.2) is 4.79 Å². The zero-order chi connectivity index (χ0) is 15.3. The molecule has 0 saturated heterocycles. The largest absolute Gasteiger partial charge is 0.444 e. The number of nitrogens with one attached hydrogen (secondary N) is 1. The van der Waals surface area contributed by atoms with Crippen molar-refractivity contribution in [3.05, 3.63) is 39.9 Å². The number of ether oxygens (including phenoxy) is 1. The minimum absolute atomic E-state index is 0.0122. The molecule has 1 aromatic rings. The molecule has 0 aliphatic heterocycles. The molecule has 1 aromatic carbocycles. The molecule has 1 atom stereocenters. The highest BCUT2D eigenvalue weighted by molar-refractivity contribution is 5.68. The second-order valence-electron chi connectivity index (χ2n) is 5.28. The van der Waals surface area contributed by atoms with Gasteiger partial charge in [0.1, 0.15) is 5.60 Å². The first-order valence-corrected chi connectivity index (χ1v) is 6.17. The fraction of sp³-hybridized carbons (Fsp3) is 0.462. The summed E-state index contributed by atoms with van der Waals surface area (Å²) in [5, 5.41) is 13.2. The van der Waals surface area contributed by atoms with Gasteiger partial charge < -0.3 is 15.8 Å². The smallest absolute Gasteiger partial charge is 0.408 e. The van der Waals surface area contributed by atoms with Crippen molar-refractivity contribution in [1.29, 1.82) is 0 Å². The highest BCUT2D eigenvalue weighted by atomic mass is 16.6. The van der Waals surface area contributed by atoms with Crippen molar-refractivity contribution in [1.82, 2.24) is 5.32 Å². The topological polar surface area (TPSA) is 107 Å². The Morgan fingerprint density at radius 3 is 2.35 bits per heavy atom. The normalized spacial score (nSPS) is 12.6. The third-order valence-electron chi connectivity index (χ3n) is 2.43. The maximum Gasteiger partial charge on any atom is 0.408 e. The summed E-state index contributed by atoms with van der Waals surface area (Å²) in [5.74, 6) is 0. The first-order chi connectivity index (χ1) is 9.23. The third kappa shape index (κ3) is 4.85. The van der Waals surface area contributed by atoms with Crippen LogP contribution in [0.4, 0.5) is 10.5 Å². The first-order valence-electron chi connectivity index (χ1n) is 6.17. The van der Waals surface area contributed by atoms with Crippen molar-refractivity contribution < 1.29 is 14.5 Å². The van der Waals surface area contributed by atoms with E-state index in [-0.39, 0.29) is 12.2 Å². The summed E-state index contributed by atoms with van der Waals surface area (Å²) >= 11 is 0. The molecule has 0 spiro atoms. The highest BCUT2D eigenvalue weighted by Gasteiger charge is 2.20. The van der Waals surface area contributed by atoms with E-state index in [0.29, 0.717) is 5.56 Å². The number of hydrogen-bond acceptors (Lipinski definition) is 5. The van der Waals surface area contributed by atoms with Gasteiger partial charge in [0.05, 0.1) is 11.0 Å². The number of hydrogen-bond donors (Lipinski definition) is 2. The van der Waals surface area contributed by atoms with E-state index in [0.717, 1.165) is 0 Å². The molecule has 3 N–H and O–H groups in total. The molecule has 0 aliphatic carbocycles. The molecule has 7 heteroatoms. The predicted octanol–water partition coefficient (Wildman–Crippen LogP) is 2.12. The third-order valence-corrected chi connectivity index (χ3v) is 2.43. The van der Waals surface area contributed by atoms with Crippen LogP contribution in [0.25, 0.3) is 0 Å². The number of nitro benzene ring substituents is 1. The molecule has 110 valence electrons. The lowest BCUT2D eigenvalue weighted by atomic mass is 10.1. The fourth-order valence-electron chi connectivity index (χ4n) is 1.56. The standard InChI is InChI=1S/C13H19N3O4/c1-13(2,3)20-12(17)15-11(8-14)9-4-6-10(7-5-9)16(18)19/h4-7,11H,8,14H2,1-3H3,(H,15,17). The molecule has 1 amide bonds. The number of nitrogens with zero attached hydrogens (tertiary/aromatic N) is 1. The minimum atomic E-state index is -0.599. The van der Waals surface area contributed by atoms with Crippen molar-refractivity contribution >= 4 is 11.8 Å². The Balaban J connectivity index is 2.75. The molecular weight excluding hydrogens is 262 g/mol. The maximum atomic E-state index is 11.7. The molecule has 0 radical (unpaired) electrons. The Labute approximate surface area is 117 Å². The van der Waals surface area contributed by atoms with Crippen molar-refractivity contribution in [2.75, 3.05) is 6.54 Å². The lowest BCUT2D eigenvalue weighted by molar-refractivity contribution is -0.384. The van der Waals surface area contributed by atoms with Crippen molar-refractivity contribution in [3.8, 4) is 0 Å². The van der Waals surface area contributed by atoms with E-state index < -0.39 is 22.7 Å². The molecule has 0 fully saturated rings. The average Bonchev–Trinajstić information content (AvgIpc) is 2.34. The molecule has 0 bridgehead atoms. The SMILES string of the molecule is CC(C)(C)OC(=O)NC(CN)c1ccc([N+](=O)[O-])cc1. The van der Waals surface area contributed by atoms with Gasteiger partial charge in [0.2, 0.25) is 0 Å². The van der Waals surface area contributed by atoms with Gasteiger partial charge in [0.15, 0.2) is 0 Å². The maximum absolute atomic E-state index is 11.7. The minimum Gasteiger partial charge on any atom is -0.444 e. The molecule has 1 unspecified atom stereocenters. The molecule has 0 heterocycles. The lowest BCUT2D eigenvalue weighted by Gasteiger charge is -2.23. The highest BCUT2D eigenvalue weighted by Crippen LogP contribution is 2.18. The number of benzene rings is 1. The van der Waals surface area contributed by atoms with Gasteiger partial charge in [-0.2, -0.15) is 0 Å². The fourth-order valence-corrected chi connectivity index (χ4v) is 1.56. The van der Waals surface area contributed by atoms with Gasteiger partial charge in [0.25, 0.3) is 5.69 Å². The number of nitrogens with two attached hydrogens (primary N) is 1. The van der Waals surface area contributed by atoms with Crippen LogP contribution < -0.4 is 11.1 Å². The summed E-state index contributed by atoms with van der Waals surface area (Å²) in [5.41, 5.74) is 5.68. The molecule has 0 aliphatic rings. The Kier molecular flexibility index (Phi) is 5.04. The number of carbonyl (C=O) groups excluding carboxylic acids is 1. The molecule has 7 nitrogen and oxygen atoms in total. The van der Waals surface area contributed by atoms with Crippen LogP contribution in [0.2, 0.25) is 0 Å². The number of non-ortho nitro benzene ring substituents is 1. The lowest BCUT2D eigenvalue weighted by Crippen LogP contribution is -2.37. The van der Waals surface area contributed by atoms with Gasteiger partial charge in [-0.15, -0.1) is 0 Å². The van der Waals surface area contributed by atoms with Crippen LogP contribution in [0.1, 0.15) is 32.4 Å². The van der Waals surface area contributed by atoms with Crippen LogP contribution >= 0.6 is 0 Å². The van der Waals surface area contributed by atoms with Gasteiger partial charge in [-0.3, -0.25) is 10.1 Å². The van der Waals surface area contributed by atoms with E-state index in [2.05, 4.69) is 5.32 Å². The second-order valence-corrected chi connectivity index (χ2v) is 5.28. The summed E-state index contributed by atoms with van der Waals surface area (Å²) in [6, 6.07) is 5.41. The Morgan fingerprint density at radius 2 is 1.95 bits per heavy atom. The molecule has 20 heavy (non-hydrogen) atoms. The van der Waals surface area contributed by atoms with Crippen molar-refractivity contribution in [2.24, 2.45) is 5.73 Å². The summed E-state index contributed by atoms with van der Waals surface area (Å²) in [7, 11) is 0. The average molecular weight is 281 g/mol. The van der Waals surface area contributed by atoms with Gasteiger partial charge >= 0.3 is 6.09 Å². The molecule has 0 saturated carbocycles. The van der Waals surface area contributed by atoms with Crippen LogP contribution in [0.15, 0.2) is 24.3 Å². The summed E-state index contributed by atoms with van der Waals surface area (Å²) in [6.07, 6.45) is -0.577. The molecule has 0 aromatic heterocycles. The predicted molar refractivity (Wildman–Crippen MR) is 74.3 cm³/mol. The van der Waals surface area contributed by atoms with Crippen LogP contribution in [0.5, 0.6) is 0 Å². The number of alkyl carbamates (subject to hydrolysis) is 1. The van der Waals surface area contributed by atoms with Crippen LogP contribution in [-0.4, -0.2) is 23.2 Å². The second kappa shape index (κ2) is 6.33. The van der Waals surface area contributed by atoms with Crippen LogP contribution in [0.3, 0.4) is 0 Å². The Morgan fingerprint density at radius 1 is 1.40 bits per heavy atom. The van der Waals surface area contributed by atoms with E-state index in [1.54, 1.807) is 32.9 Å². The van der Waals surface area contributed by atoms with E-state index >= 15 is 0 Å². The zero-order valence-electron chi connectivity index (χ0n) is 11.8. The van der Waals surface area contributed by atoms with Crippen LogP contribution in [-0.2, 0) is 4.74 Å². The molecule has 1 rings (SSSR count). The van der Waals surface area contributed by atoms with Gasteiger partial charge in [0, 0.05) is 18.7 Å². The van der Waals surface area contributed by atoms with Crippen LogP contribution in [0, 0.1) is 10.1 Å². The number of carbonyl (C=O) groups is 1. The summed E-state index contributed by atoms with van der Waals surface area (Å²) in [6.45, 7) is 5.44. The van der Waals surface area contributed by atoms with Gasteiger partial charge in [-0.1, -0.05) is 12.1 Å². The quantitative estimate of drug-likeness (QED) is 0.649. The number of amides is 1. The summed E-state index contributed by atoms with van der Waals surface area (Å²) < 4.78 is 5.14. The number of rotatable bonds is 4. The first kappa shape index (κ1) is 15.9. The Hall–Kier alpha value is -2.15. The van der Waals surface area contributed by atoms with E-state index in [4.69, 9.17) is 10.5 Å².